The molecule has 0 aliphatic carbocycles. The maximum Gasteiger partial charge on any atom is 0.238 e. The van der Waals surface area contributed by atoms with Crippen LogP contribution in [0.25, 0.3) is 0 Å². The third-order valence-corrected chi connectivity index (χ3v) is 5.56. The minimum absolute atomic E-state index is 0.0104. The van der Waals surface area contributed by atoms with Crippen molar-refractivity contribution in [1.29, 1.82) is 0 Å². The summed E-state index contributed by atoms with van der Waals surface area (Å²) in [4.78, 5) is 28.8. The number of hydrogen-bond donors (Lipinski definition) is 1. The molecule has 2 heterocycles. The van der Waals surface area contributed by atoms with E-state index >= 15 is 0 Å². The van der Waals surface area contributed by atoms with Gasteiger partial charge in [0.15, 0.2) is 11.5 Å². The summed E-state index contributed by atoms with van der Waals surface area (Å²) in [5.74, 6) is 1.95. The number of amides is 2. The lowest BCUT2D eigenvalue weighted by Gasteiger charge is -2.41. The van der Waals surface area contributed by atoms with Gasteiger partial charge >= 0.3 is 0 Å². The Balaban J connectivity index is 1.44. The standard InChI is InChI=1S/C23H27N3O5/c1-16(27)26-10-9-25(14-19(26)18-5-3-4-6-20(18)29-2)15-23(28)24-17-7-8-21-22(13-17)31-12-11-30-21/h3-8,13,19H,9-12,14-15H2,1-2H3,(H,24,28)/t19-/m1/s1. The Hall–Kier alpha value is -3.26. The molecule has 1 atom stereocenters. The number of nitrogens with one attached hydrogen (secondary N) is 1. The number of nitrogens with zero attached hydrogens (tertiary/aromatic N) is 2. The van der Waals surface area contributed by atoms with E-state index in [0.717, 1.165) is 11.3 Å². The van der Waals surface area contributed by atoms with Crippen molar-refractivity contribution in [3.8, 4) is 17.2 Å². The Morgan fingerprint density at radius 1 is 1.10 bits per heavy atom. The largest absolute Gasteiger partial charge is 0.496 e. The maximum absolute atomic E-state index is 12.7. The molecule has 164 valence electrons. The summed E-state index contributed by atoms with van der Waals surface area (Å²) in [7, 11) is 1.62. The second-order valence-electron chi connectivity index (χ2n) is 7.61. The summed E-state index contributed by atoms with van der Waals surface area (Å²) in [5, 5.41) is 2.93. The lowest BCUT2D eigenvalue weighted by Crippen LogP contribution is -2.51. The number of ether oxygens (including phenoxy) is 3. The fourth-order valence-corrected chi connectivity index (χ4v) is 4.09. The minimum Gasteiger partial charge on any atom is -0.496 e. The van der Waals surface area contributed by atoms with Gasteiger partial charge in [0.25, 0.3) is 0 Å². The molecule has 2 aliphatic rings. The van der Waals surface area contributed by atoms with Gasteiger partial charge in [0, 0.05) is 43.9 Å². The summed E-state index contributed by atoms with van der Waals surface area (Å²) in [6, 6.07) is 12.9. The van der Waals surface area contributed by atoms with Crippen molar-refractivity contribution in [2.45, 2.75) is 13.0 Å². The van der Waals surface area contributed by atoms with Crippen LogP contribution >= 0.6 is 0 Å². The molecule has 31 heavy (non-hydrogen) atoms. The molecule has 2 aromatic carbocycles. The zero-order valence-electron chi connectivity index (χ0n) is 17.8. The van der Waals surface area contributed by atoms with Crippen LogP contribution in [0.3, 0.4) is 0 Å². The van der Waals surface area contributed by atoms with Crippen LogP contribution in [0.1, 0.15) is 18.5 Å². The predicted molar refractivity (Wildman–Crippen MR) is 116 cm³/mol. The van der Waals surface area contributed by atoms with Crippen LogP contribution in [-0.4, -0.2) is 68.1 Å². The van der Waals surface area contributed by atoms with Crippen LogP contribution in [0.4, 0.5) is 5.69 Å². The molecule has 0 aromatic heterocycles. The molecule has 0 radical (unpaired) electrons. The first-order chi connectivity index (χ1) is 15.0. The molecule has 0 saturated carbocycles. The van der Waals surface area contributed by atoms with E-state index in [4.69, 9.17) is 14.2 Å². The quantitative estimate of drug-likeness (QED) is 0.792. The molecule has 1 fully saturated rings. The van der Waals surface area contributed by atoms with E-state index in [1.54, 1.807) is 32.2 Å². The topological polar surface area (TPSA) is 80.3 Å². The Bertz CT molecular complexity index is 964. The van der Waals surface area contributed by atoms with Crippen molar-refractivity contribution in [2.75, 3.05) is 51.8 Å². The number of para-hydroxylation sites is 1. The van der Waals surface area contributed by atoms with Crippen molar-refractivity contribution in [3.63, 3.8) is 0 Å². The van der Waals surface area contributed by atoms with Crippen LogP contribution < -0.4 is 19.5 Å². The molecular weight excluding hydrogens is 398 g/mol. The number of fused-ring (bicyclic) bond motifs is 1. The molecule has 0 spiro atoms. The smallest absolute Gasteiger partial charge is 0.238 e. The monoisotopic (exact) mass is 425 g/mol. The first-order valence-corrected chi connectivity index (χ1v) is 10.4. The average Bonchev–Trinajstić information content (AvgIpc) is 2.78. The van der Waals surface area contributed by atoms with Crippen LogP contribution in [0.5, 0.6) is 17.2 Å². The average molecular weight is 425 g/mol. The van der Waals surface area contributed by atoms with E-state index in [-0.39, 0.29) is 24.4 Å². The number of carbonyl (C=O) groups is 2. The van der Waals surface area contributed by atoms with Gasteiger partial charge in [0.1, 0.15) is 19.0 Å². The summed E-state index contributed by atoms with van der Waals surface area (Å²) in [6.45, 7) is 4.55. The Labute approximate surface area is 181 Å². The first-order valence-electron chi connectivity index (χ1n) is 10.4. The SMILES string of the molecule is COc1ccccc1[C@H]1CN(CC(=O)Nc2ccc3c(c2)OCCO3)CCN1C(C)=O. The number of carbonyl (C=O) groups excluding carboxylic acids is 2. The van der Waals surface area contributed by atoms with Gasteiger partial charge in [-0.15, -0.1) is 0 Å². The number of hydrogen-bond acceptors (Lipinski definition) is 6. The number of methoxy groups -OCH3 is 1. The molecule has 1 saturated heterocycles. The van der Waals surface area contributed by atoms with Gasteiger partial charge in [0.05, 0.1) is 19.7 Å². The van der Waals surface area contributed by atoms with Crippen LogP contribution in [0.15, 0.2) is 42.5 Å². The predicted octanol–water partition coefficient (Wildman–Crippen LogP) is 2.31. The second-order valence-corrected chi connectivity index (χ2v) is 7.61. The molecule has 8 heteroatoms. The van der Waals surface area contributed by atoms with E-state index in [0.29, 0.717) is 50.0 Å². The Morgan fingerprint density at radius 2 is 1.87 bits per heavy atom. The Kier molecular flexibility index (Phi) is 6.27. The van der Waals surface area contributed by atoms with Crippen molar-refractivity contribution < 1.29 is 23.8 Å². The van der Waals surface area contributed by atoms with Crippen LogP contribution in [-0.2, 0) is 9.59 Å². The van der Waals surface area contributed by atoms with Crippen molar-refractivity contribution >= 4 is 17.5 Å². The van der Waals surface area contributed by atoms with Crippen LogP contribution in [0, 0.1) is 0 Å². The lowest BCUT2D eigenvalue weighted by molar-refractivity contribution is -0.134. The molecule has 2 amide bonds. The fraction of sp³-hybridized carbons (Fsp3) is 0.391. The highest BCUT2D eigenvalue weighted by molar-refractivity contribution is 5.92. The first kappa shape index (κ1) is 21.0. The lowest BCUT2D eigenvalue weighted by atomic mass is 10.0. The van der Waals surface area contributed by atoms with Gasteiger partial charge in [-0.1, -0.05) is 18.2 Å². The summed E-state index contributed by atoms with van der Waals surface area (Å²) >= 11 is 0. The maximum atomic E-state index is 12.7. The van der Waals surface area contributed by atoms with Crippen molar-refractivity contribution in [3.05, 3.63) is 48.0 Å². The van der Waals surface area contributed by atoms with Crippen LogP contribution in [0.2, 0.25) is 0 Å². The van der Waals surface area contributed by atoms with Gasteiger partial charge in [-0.2, -0.15) is 0 Å². The van der Waals surface area contributed by atoms with E-state index in [9.17, 15) is 9.59 Å². The third-order valence-electron chi connectivity index (χ3n) is 5.56. The molecule has 0 bridgehead atoms. The molecule has 1 N–H and O–H groups in total. The highest BCUT2D eigenvalue weighted by atomic mass is 16.6. The molecule has 8 nitrogen and oxygen atoms in total. The number of rotatable bonds is 5. The van der Waals surface area contributed by atoms with Crippen molar-refractivity contribution in [1.82, 2.24) is 9.80 Å². The third kappa shape index (κ3) is 4.74. The van der Waals surface area contributed by atoms with Gasteiger partial charge in [-0.25, -0.2) is 0 Å². The number of anilines is 1. The van der Waals surface area contributed by atoms with E-state index in [1.165, 1.54) is 0 Å². The second kappa shape index (κ2) is 9.26. The van der Waals surface area contributed by atoms with Gasteiger partial charge in [-0.05, 0) is 18.2 Å². The number of benzene rings is 2. The van der Waals surface area contributed by atoms with Gasteiger partial charge < -0.3 is 24.4 Å². The van der Waals surface area contributed by atoms with Crippen molar-refractivity contribution in [2.24, 2.45) is 0 Å². The van der Waals surface area contributed by atoms with E-state index in [1.807, 2.05) is 29.2 Å². The summed E-state index contributed by atoms with van der Waals surface area (Å²) < 4.78 is 16.6. The molecular formula is C23H27N3O5. The van der Waals surface area contributed by atoms with E-state index < -0.39 is 0 Å². The Morgan fingerprint density at radius 3 is 2.65 bits per heavy atom. The highest BCUT2D eigenvalue weighted by Crippen LogP contribution is 2.33. The van der Waals surface area contributed by atoms with Gasteiger partial charge in [-0.3, -0.25) is 14.5 Å². The van der Waals surface area contributed by atoms with E-state index in [2.05, 4.69) is 10.2 Å². The zero-order valence-corrected chi connectivity index (χ0v) is 17.8. The zero-order chi connectivity index (χ0) is 21.8. The fourth-order valence-electron chi connectivity index (χ4n) is 4.09. The number of piperazine rings is 1. The summed E-state index contributed by atoms with van der Waals surface area (Å²) in [6.07, 6.45) is 0. The molecule has 4 rings (SSSR count). The molecule has 0 unspecified atom stereocenters. The molecule has 2 aliphatic heterocycles. The summed E-state index contributed by atoms with van der Waals surface area (Å²) in [5.41, 5.74) is 1.61. The molecule has 2 aromatic rings. The minimum atomic E-state index is -0.176. The normalized spacial score (nSPS) is 18.4. The van der Waals surface area contributed by atoms with Gasteiger partial charge in [0.2, 0.25) is 11.8 Å². The highest BCUT2D eigenvalue weighted by Gasteiger charge is 2.32.